The van der Waals surface area contributed by atoms with Gasteiger partial charge in [-0.05, 0) is 103 Å². The summed E-state index contributed by atoms with van der Waals surface area (Å²) >= 11 is 0. The summed E-state index contributed by atoms with van der Waals surface area (Å²) in [5.41, 5.74) is 0. The molecule has 0 saturated heterocycles. The molecular weight excluding hydrogens is 663 g/mol. The van der Waals surface area contributed by atoms with Crippen LogP contribution in [0.25, 0.3) is 0 Å². The number of rotatable bonds is 35. The molecule has 300 valence electrons. The fourth-order valence-corrected chi connectivity index (χ4v) is 5.16. The Morgan fingerprint density at radius 3 is 1.11 bits per heavy atom. The summed E-state index contributed by atoms with van der Waals surface area (Å²) in [7, 11) is 0. The third-order valence-electron chi connectivity index (χ3n) is 8.37. The molecule has 0 heterocycles. The van der Waals surface area contributed by atoms with Gasteiger partial charge in [-0.1, -0.05) is 179 Å². The Morgan fingerprint density at radius 1 is 0.463 bits per heavy atom. The number of carbonyl (C=O) groups excluding carboxylic acids is 1. The van der Waals surface area contributed by atoms with Gasteiger partial charge < -0.3 is 15.5 Å². The van der Waals surface area contributed by atoms with Gasteiger partial charge in [0, 0.05) is 6.42 Å². The zero-order valence-corrected chi connectivity index (χ0v) is 34.2. The number of aliphatic hydroxyl groups is 2. The number of amides is 1. The number of unbranched alkanes of at least 4 members (excludes halogenated alkanes) is 4. The molecule has 0 aliphatic carbocycles. The molecule has 0 bridgehead atoms. The van der Waals surface area contributed by atoms with Crippen molar-refractivity contribution in [2.75, 3.05) is 6.61 Å². The highest BCUT2D eigenvalue weighted by molar-refractivity contribution is 5.76. The van der Waals surface area contributed by atoms with Crippen molar-refractivity contribution in [1.82, 2.24) is 5.32 Å². The quantitative estimate of drug-likeness (QED) is 0.0448. The van der Waals surface area contributed by atoms with Crippen LogP contribution in [0, 0.1) is 0 Å². The monoisotopic (exact) mass is 740 g/mol. The van der Waals surface area contributed by atoms with E-state index >= 15 is 0 Å². The topological polar surface area (TPSA) is 69.6 Å². The van der Waals surface area contributed by atoms with E-state index in [-0.39, 0.29) is 12.5 Å². The molecule has 0 spiro atoms. The lowest BCUT2D eigenvalue weighted by Crippen LogP contribution is -2.45. The predicted octanol–water partition coefficient (Wildman–Crippen LogP) is 13.3. The smallest absolute Gasteiger partial charge is 0.220 e. The second-order valence-corrected chi connectivity index (χ2v) is 13.3. The van der Waals surface area contributed by atoms with Gasteiger partial charge in [-0.25, -0.2) is 0 Å². The fraction of sp³-hybridized carbons (Fsp3) is 0.500. The first kappa shape index (κ1) is 50.3. The van der Waals surface area contributed by atoms with Crippen molar-refractivity contribution in [2.45, 2.75) is 154 Å². The molecule has 0 rings (SSSR count). The molecule has 54 heavy (non-hydrogen) atoms. The first-order valence-electron chi connectivity index (χ1n) is 21.0. The SMILES string of the molecule is CC/C=C\C/C=C\C/C=C\C/C=C\C/C=C\C/C=C\C/C=C\C/C=C\C/C=C\C/C=C\C/C=C\C/C=C\CCCCC(=O)NC(CO)C(O)CCCCC. The van der Waals surface area contributed by atoms with E-state index in [1.54, 1.807) is 0 Å². The number of carbonyl (C=O) groups is 1. The Bertz CT molecular complexity index is 1200. The third-order valence-corrected chi connectivity index (χ3v) is 8.37. The Hall–Kier alpha value is -3.73. The highest BCUT2D eigenvalue weighted by atomic mass is 16.3. The number of nitrogens with one attached hydrogen (secondary N) is 1. The van der Waals surface area contributed by atoms with E-state index in [1.807, 2.05) is 0 Å². The van der Waals surface area contributed by atoms with Gasteiger partial charge in [-0.3, -0.25) is 4.79 Å². The molecule has 1 amide bonds. The number of aliphatic hydroxyl groups excluding tert-OH is 2. The summed E-state index contributed by atoms with van der Waals surface area (Å²) in [6.07, 6.45) is 71.3. The van der Waals surface area contributed by atoms with Gasteiger partial charge in [0.1, 0.15) is 0 Å². The minimum absolute atomic E-state index is 0.0942. The van der Waals surface area contributed by atoms with E-state index in [2.05, 4.69) is 165 Å². The summed E-state index contributed by atoms with van der Waals surface area (Å²) < 4.78 is 0. The van der Waals surface area contributed by atoms with Gasteiger partial charge in [0.05, 0.1) is 18.8 Å². The van der Waals surface area contributed by atoms with Crippen LogP contribution in [0.4, 0.5) is 0 Å². The van der Waals surface area contributed by atoms with E-state index in [4.69, 9.17) is 0 Å². The normalized spacial score (nSPS) is 14.5. The lowest BCUT2D eigenvalue weighted by atomic mass is 10.0. The lowest BCUT2D eigenvalue weighted by Gasteiger charge is -2.22. The molecule has 0 aliphatic heterocycles. The highest BCUT2D eigenvalue weighted by Gasteiger charge is 2.19. The molecule has 0 aliphatic rings. The maximum Gasteiger partial charge on any atom is 0.220 e. The van der Waals surface area contributed by atoms with Gasteiger partial charge in [0.25, 0.3) is 0 Å². The number of hydrogen-bond donors (Lipinski definition) is 3. The Kier molecular flexibility index (Phi) is 40.7. The van der Waals surface area contributed by atoms with Crippen molar-refractivity contribution in [1.29, 1.82) is 0 Å². The van der Waals surface area contributed by atoms with Gasteiger partial charge in [-0.2, -0.15) is 0 Å². The largest absolute Gasteiger partial charge is 0.394 e. The van der Waals surface area contributed by atoms with Crippen molar-refractivity contribution < 1.29 is 15.0 Å². The minimum atomic E-state index is -0.684. The van der Waals surface area contributed by atoms with E-state index in [0.29, 0.717) is 12.8 Å². The molecule has 2 atom stereocenters. The van der Waals surface area contributed by atoms with Crippen LogP contribution in [0.1, 0.15) is 142 Å². The van der Waals surface area contributed by atoms with Gasteiger partial charge in [0.2, 0.25) is 5.91 Å². The average Bonchev–Trinajstić information content (AvgIpc) is 3.17. The zero-order chi connectivity index (χ0) is 39.3. The van der Waals surface area contributed by atoms with Gasteiger partial charge in [0.15, 0.2) is 0 Å². The van der Waals surface area contributed by atoms with Crippen LogP contribution < -0.4 is 5.32 Å². The molecule has 2 unspecified atom stereocenters. The Labute approximate surface area is 332 Å². The molecule has 0 fully saturated rings. The first-order chi connectivity index (χ1) is 26.7. The molecule has 4 heteroatoms. The Balaban J connectivity index is 3.71. The average molecular weight is 740 g/mol. The van der Waals surface area contributed by atoms with Crippen molar-refractivity contribution in [3.63, 3.8) is 0 Å². The van der Waals surface area contributed by atoms with Crippen molar-refractivity contribution >= 4 is 5.91 Å². The maximum absolute atomic E-state index is 12.2. The van der Waals surface area contributed by atoms with Crippen molar-refractivity contribution in [3.8, 4) is 0 Å². The predicted molar refractivity (Wildman–Crippen MR) is 238 cm³/mol. The van der Waals surface area contributed by atoms with Gasteiger partial charge >= 0.3 is 0 Å². The summed E-state index contributed by atoms with van der Waals surface area (Å²) in [5, 5.41) is 22.5. The molecule has 3 N–H and O–H groups in total. The summed E-state index contributed by atoms with van der Waals surface area (Å²) in [6, 6.07) is -0.565. The lowest BCUT2D eigenvalue weighted by molar-refractivity contribution is -0.123. The van der Waals surface area contributed by atoms with Crippen molar-refractivity contribution in [3.05, 3.63) is 146 Å². The van der Waals surface area contributed by atoms with Crippen LogP contribution in [0.5, 0.6) is 0 Å². The van der Waals surface area contributed by atoms with Crippen LogP contribution in [0.2, 0.25) is 0 Å². The molecule has 0 radical (unpaired) electrons. The highest BCUT2D eigenvalue weighted by Crippen LogP contribution is 2.08. The third kappa shape index (κ3) is 39.5. The fourth-order valence-electron chi connectivity index (χ4n) is 5.16. The first-order valence-corrected chi connectivity index (χ1v) is 21.0. The van der Waals surface area contributed by atoms with Crippen LogP contribution in [-0.4, -0.2) is 34.9 Å². The second kappa shape index (κ2) is 43.7. The standard InChI is InChI=1S/C50H77NO3/c1-3-5-7-8-9-10-11-12-13-14-15-16-17-18-19-20-21-22-23-24-25-26-27-28-29-30-31-32-33-34-35-36-37-38-39-40-41-42-44-46-50(54)51-48(47-52)49(53)45-43-6-4-2/h5,7,9-10,12-13,15-16,18-19,21-22,24-25,27-28,30-31,33-34,36-37,39-40,48-49,52-53H,3-4,6,8,11,14,17,20,23,26,29,32,35,38,41-47H2,1-2H3,(H,51,54)/b7-5-,10-9-,13-12-,16-15-,19-18-,22-21-,25-24-,28-27-,31-30-,34-33-,37-36-,40-39-. The van der Waals surface area contributed by atoms with E-state index in [9.17, 15) is 15.0 Å². The van der Waals surface area contributed by atoms with Crippen LogP contribution in [-0.2, 0) is 4.79 Å². The number of hydrogen-bond acceptors (Lipinski definition) is 3. The molecular formula is C50H77NO3. The van der Waals surface area contributed by atoms with Crippen LogP contribution in [0.15, 0.2) is 146 Å². The van der Waals surface area contributed by atoms with Crippen molar-refractivity contribution in [2.24, 2.45) is 0 Å². The number of allylic oxidation sites excluding steroid dienone is 24. The molecule has 0 aromatic heterocycles. The van der Waals surface area contributed by atoms with Gasteiger partial charge in [-0.15, -0.1) is 0 Å². The molecule has 0 aromatic carbocycles. The maximum atomic E-state index is 12.2. The van der Waals surface area contributed by atoms with Crippen LogP contribution in [0.3, 0.4) is 0 Å². The van der Waals surface area contributed by atoms with E-state index in [0.717, 1.165) is 116 Å². The zero-order valence-electron chi connectivity index (χ0n) is 34.2. The molecule has 0 saturated carbocycles. The van der Waals surface area contributed by atoms with E-state index in [1.165, 1.54) is 0 Å². The minimum Gasteiger partial charge on any atom is -0.394 e. The Morgan fingerprint density at radius 2 is 0.796 bits per heavy atom. The summed E-state index contributed by atoms with van der Waals surface area (Å²) in [5.74, 6) is -0.0942. The summed E-state index contributed by atoms with van der Waals surface area (Å²) in [6.45, 7) is 4.04. The summed E-state index contributed by atoms with van der Waals surface area (Å²) in [4.78, 5) is 12.2. The van der Waals surface area contributed by atoms with E-state index < -0.39 is 12.1 Å². The second-order valence-electron chi connectivity index (χ2n) is 13.3. The molecule has 0 aromatic rings. The van der Waals surface area contributed by atoms with Crippen LogP contribution >= 0.6 is 0 Å². The molecule has 4 nitrogen and oxygen atoms in total.